The molecule has 0 saturated heterocycles. The summed E-state index contributed by atoms with van der Waals surface area (Å²) in [6.07, 6.45) is -1.57. The Labute approximate surface area is 102 Å². The molecule has 0 aliphatic heterocycles. The number of alkyl halides is 1. The lowest BCUT2D eigenvalue weighted by Crippen LogP contribution is -2.49. The van der Waals surface area contributed by atoms with Crippen LogP contribution in [0, 0.1) is 0 Å². The lowest BCUT2D eigenvalue weighted by atomic mass is 9.77. The molecule has 2 unspecified atom stereocenters. The molecule has 0 saturated carbocycles. The van der Waals surface area contributed by atoms with Gasteiger partial charge < -0.3 is 10.8 Å². The summed E-state index contributed by atoms with van der Waals surface area (Å²) >= 11 is 3.23. The van der Waals surface area contributed by atoms with E-state index in [0.717, 1.165) is 0 Å². The molecule has 2 atom stereocenters. The first-order chi connectivity index (χ1) is 7.45. The average Bonchev–Trinajstić information content (AvgIpc) is 2.18. The molecular weight excluding hydrogens is 277 g/mol. The third kappa shape index (κ3) is 2.10. The van der Waals surface area contributed by atoms with E-state index in [1.807, 2.05) is 0 Å². The normalized spacial score (nSPS) is 16.5. The van der Waals surface area contributed by atoms with Crippen LogP contribution in [0.5, 0.6) is 0 Å². The Kier molecular flexibility index (Phi) is 4.04. The van der Waals surface area contributed by atoms with Gasteiger partial charge in [-0.3, -0.25) is 4.79 Å². The molecule has 0 radical (unpaired) electrons. The second kappa shape index (κ2) is 4.93. The summed E-state index contributed by atoms with van der Waals surface area (Å²) in [5, 5.41) is 9.20. The number of halogens is 2. The molecule has 1 aromatic rings. The minimum absolute atomic E-state index is 0.281. The van der Waals surface area contributed by atoms with Crippen molar-refractivity contribution >= 4 is 21.9 Å². The summed E-state index contributed by atoms with van der Waals surface area (Å²) in [4.78, 5) is 11.3. The Morgan fingerprint density at radius 3 is 2.69 bits per heavy atom. The zero-order valence-corrected chi connectivity index (χ0v) is 10.4. The van der Waals surface area contributed by atoms with E-state index >= 15 is 0 Å². The number of hydrogen-bond acceptors (Lipinski definition) is 2. The minimum atomic E-state index is -1.68. The molecule has 0 aliphatic carbocycles. The number of carboxylic acid groups (broad SMARTS) is 1. The first-order valence-electron chi connectivity index (χ1n) is 4.78. The third-order valence-corrected chi connectivity index (χ3v) is 3.22. The highest BCUT2D eigenvalue weighted by Crippen LogP contribution is 2.31. The molecule has 0 fully saturated rings. The Morgan fingerprint density at radius 2 is 2.31 bits per heavy atom. The van der Waals surface area contributed by atoms with Crippen molar-refractivity contribution in [3.05, 3.63) is 34.3 Å². The second-order valence-electron chi connectivity index (χ2n) is 3.61. The van der Waals surface area contributed by atoms with Crippen molar-refractivity contribution in [2.24, 2.45) is 5.73 Å². The van der Waals surface area contributed by atoms with Crippen LogP contribution in [-0.2, 0) is 10.2 Å². The second-order valence-corrected chi connectivity index (χ2v) is 4.52. The van der Waals surface area contributed by atoms with Crippen LogP contribution in [0.4, 0.5) is 4.39 Å². The van der Waals surface area contributed by atoms with Gasteiger partial charge in [0.15, 0.2) is 0 Å². The Bertz CT molecular complexity index is 397. The van der Waals surface area contributed by atoms with E-state index in [9.17, 15) is 14.3 Å². The number of hydrogen-bond donors (Lipinski definition) is 2. The number of benzene rings is 1. The molecule has 1 aromatic carbocycles. The highest BCUT2D eigenvalue weighted by molar-refractivity contribution is 9.10. The average molecular weight is 290 g/mol. The maximum atomic E-state index is 13.6. The van der Waals surface area contributed by atoms with Gasteiger partial charge in [-0.05, 0) is 24.6 Å². The molecule has 3 nitrogen and oxygen atoms in total. The topological polar surface area (TPSA) is 63.3 Å². The number of carboxylic acids is 1. The first kappa shape index (κ1) is 13.1. The molecule has 0 heterocycles. The maximum absolute atomic E-state index is 13.6. The summed E-state index contributed by atoms with van der Waals surface area (Å²) < 4.78 is 14.3. The number of nitrogens with two attached hydrogens (primary N) is 1. The summed E-state index contributed by atoms with van der Waals surface area (Å²) in [6, 6.07) is 6.56. The van der Waals surface area contributed by atoms with Crippen molar-refractivity contribution in [2.75, 3.05) is 6.54 Å². The fourth-order valence-corrected chi connectivity index (χ4v) is 2.06. The smallest absolute Gasteiger partial charge is 0.318 e. The molecule has 1 rings (SSSR count). The van der Waals surface area contributed by atoms with Gasteiger partial charge >= 0.3 is 5.97 Å². The van der Waals surface area contributed by atoms with Crippen LogP contribution in [0.25, 0.3) is 0 Å². The molecule has 0 aliphatic rings. The number of rotatable bonds is 4. The zero-order chi connectivity index (χ0) is 12.3. The third-order valence-electron chi connectivity index (χ3n) is 2.72. The summed E-state index contributed by atoms with van der Waals surface area (Å²) in [5.74, 6) is -1.25. The zero-order valence-electron chi connectivity index (χ0n) is 8.78. The first-order valence-corrected chi connectivity index (χ1v) is 5.58. The minimum Gasteiger partial charge on any atom is -0.480 e. The summed E-state index contributed by atoms with van der Waals surface area (Å²) in [6.45, 7) is 0.929. The molecule has 3 N–H and O–H groups in total. The Morgan fingerprint density at radius 1 is 1.69 bits per heavy atom. The van der Waals surface area contributed by atoms with Gasteiger partial charge in [-0.25, -0.2) is 4.39 Å². The SMILES string of the molecule is CC(F)C(CN)(C(=O)O)c1cccc(Br)c1. The molecule has 0 aromatic heterocycles. The van der Waals surface area contributed by atoms with E-state index in [4.69, 9.17) is 5.73 Å². The monoisotopic (exact) mass is 289 g/mol. The molecule has 5 heteroatoms. The maximum Gasteiger partial charge on any atom is 0.318 e. The van der Waals surface area contributed by atoms with Gasteiger partial charge in [-0.1, -0.05) is 28.1 Å². The van der Waals surface area contributed by atoms with Gasteiger partial charge in [0.25, 0.3) is 0 Å². The quantitative estimate of drug-likeness (QED) is 0.892. The van der Waals surface area contributed by atoms with Crippen molar-refractivity contribution < 1.29 is 14.3 Å². The van der Waals surface area contributed by atoms with Crippen LogP contribution in [-0.4, -0.2) is 23.8 Å². The highest BCUT2D eigenvalue weighted by atomic mass is 79.9. The van der Waals surface area contributed by atoms with Crippen LogP contribution in [0.2, 0.25) is 0 Å². The van der Waals surface area contributed by atoms with Crippen molar-refractivity contribution in [3.8, 4) is 0 Å². The number of aliphatic carboxylic acids is 1. The van der Waals surface area contributed by atoms with E-state index in [2.05, 4.69) is 15.9 Å². The standard InChI is InChI=1S/C11H13BrFNO2/c1-7(13)11(6-14,10(15)16)8-3-2-4-9(12)5-8/h2-5,7H,6,14H2,1H3,(H,15,16). The van der Waals surface area contributed by atoms with Gasteiger partial charge in [0.05, 0.1) is 0 Å². The molecule has 0 amide bonds. The van der Waals surface area contributed by atoms with E-state index in [-0.39, 0.29) is 6.54 Å². The fraction of sp³-hybridized carbons (Fsp3) is 0.364. The summed E-state index contributed by atoms with van der Waals surface area (Å²) in [7, 11) is 0. The summed E-state index contributed by atoms with van der Waals surface area (Å²) in [5.41, 5.74) is 4.15. The molecule has 88 valence electrons. The van der Waals surface area contributed by atoms with E-state index in [0.29, 0.717) is 10.0 Å². The predicted octanol–water partition coefficient (Wildman–Crippen LogP) is 2.09. The van der Waals surface area contributed by atoms with E-state index in [1.165, 1.54) is 6.92 Å². The highest BCUT2D eigenvalue weighted by Gasteiger charge is 2.45. The fourth-order valence-electron chi connectivity index (χ4n) is 1.66. The van der Waals surface area contributed by atoms with Crippen molar-refractivity contribution in [3.63, 3.8) is 0 Å². The largest absolute Gasteiger partial charge is 0.480 e. The van der Waals surface area contributed by atoms with Gasteiger partial charge in [-0.2, -0.15) is 0 Å². The lowest BCUT2D eigenvalue weighted by molar-refractivity contribution is -0.146. The van der Waals surface area contributed by atoms with Crippen LogP contribution >= 0.6 is 15.9 Å². The van der Waals surface area contributed by atoms with Crippen molar-refractivity contribution in [1.29, 1.82) is 0 Å². The Hall–Kier alpha value is -0.940. The van der Waals surface area contributed by atoms with E-state index in [1.54, 1.807) is 24.3 Å². The van der Waals surface area contributed by atoms with Gasteiger partial charge in [0.1, 0.15) is 11.6 Å². The molecule has 0 spiro atoms. The van der Waals surface area contributed by atoms with Gasteiger partial charge in [0, 0.05) is 11.0 Å². The lowest BCUT2D eigenvalue weighted by Gasteiger charge is -2.30. The van der Waals surface area contributed by atoms with Crippen LogP contribution in [0.3, 0.4) is 0 Å². The number of carbonyl (C=O) groups is 1. The van der Waals surface area contributed by atoms with E-state index < -0.39 is 17.6 Å². The molecular formula is C11H13BrFNO2. The van der Waals surface area contributed by atoms with Crippen LogP contribution < -0.4 is 5.73 Å². The predicted molar refractivity (Wildman–Crippen MR) is 63.1 cm³/mol. The van der Waals surface area contributed by atoms with Crippen LogP contribution in [0.15, 0.2) is 28.7 Å². The van der Waals surface area contributed by atoms with Crippen molar-refractivity contribution in [1.82, 2.24) is 0 Å². The van der Waals surface area contributed by atoms with Gasteiger partial charge in [-0.15, -0.1) is 0 Å². The Balaban J connectivity index is 3.36. The van der Waals surface area contributed by atoms with Crippen molar-refractivity contribution in [2.45, 2.75) is 18.5 Å². The molecule has 16 heavy (non-hydrogen) atoms. The van der Waals surface area contributed by atoms with Crippen LogP contribution in [0.1, 0.15) is 12.5 Å². The van der Waals surface area contributed by atoms with Gasteiger partial charge in [0.2, 0.25) is 0 Å². The molecule has 0 bridgehead atoms.